The first-order chi connectivity index (χ1) is 15.4. The average Bonchev–Trinajstić information content (AvgIpc) is 3.19. The van der Waals surface area contributed by atoms with Gasteiger partial charge in [-0.25, -0.2) is 4.39 Å². The van der Waals surface area contributed by atoms with Crippen LogP contribution in [0.25, 0.3) is 0 Å². The molecule has 0 bridgehead atoms. The van der Waals surface area contributed by atoms with Crippen molar-refractivity contribution in [1.29, 1.82) is 5.26 Å². The van der Waals surface area contributed by atoms with Crippen LogP contribution in [-0.4, -0.2) is 54.0 Å². The van der Waals surface area contributed by atoms with E-state index in [1.807, 2.05) is 36.4 Å². The Morgan fingerprint density at radius 2 is 1.97 bits per heavy atom. The lowest BCUT2D eigenvalue weighted by Gasteiger charge is -2.22. The van der Waals surface area contributed by atoms with E-state index in [2.05, 4.69) is 5.32 Å². The number of rotatable bonds is 12. The zero-order chi connectivity index (χ0) is 23.3. The van der Waals surface area contributed by atoms with Gasteiger partial charge in [-0.2, -0.15) is 5.26 Å². The molecule has 1 fully saturated rings. The van der Waals surface area contributed by atoms with Crippen molar-refractivity contribution in [3.8, 4) is 6.07 Å². The van der Waals surface area contributed by atoms with Crippen molar-refractivity contribution in [2.75, 3.05) is 13.1 Å². The van der Waals surface area contributed by atoms with Crippen LogP contribution >= 0.6 is 0 Å². The molecule has 0 radical (unpaired) electrons. The van der Waals surface area contributed by atoms with Gasteiger partial charge in [0.1, 0.15) is 18.8 Å². The number of nitriles is 1. The zero-order valence-corrected chi connectivity index (χ0v) is 18.2. The van der Waals surface area contributed by atoms with Gasteiger partial charge in [0, 0.05) is 25.8 Å². The standard InChI is InChI=1S/C23H31FN4O4/c24-18-13-19(14-25)28(15-18)23(31)20(26)10-11-21(29)27-12-6-2-5-9-22(30)32-16-17-7-3-1-4-8-17/h1,3-4,7-8,18-20H,2,5-6,9-13,15-16,26H2,(H,27,29)/t18-,19-,20-/m0/s1. The summed E-state index contributed by atoms with van der Waals surface area (Å²) in [4.78, 5) is 37.2. The molecule has 8 nitrogen and oxygen atoms in total. The number of carbonyl (C=O) groups is 3. The molecular weight excluding hydrogens is 415 g/mol. The van der Waals surface area contributed by atoms with Gasteiger partial charge in [-0.3, -0.25) is 14.4 Å². The van der Waals surface area contributed by atoms with Crippen LogP contribution < -0.4 is 11.1 Å². The molecule has 0 aromatic heterocycles. The number of nitrogens with zero attached hydrogens (tertiary/aromatic N) is 2. The largest absolute Gasteiger partial charge is 0.461 e. The number of unbranched alkanes of at least 4 members (excludes halogenated alkanes) is 2. The molecule has 1 aliphatic rings. The minimum absolute atomic E-state index is 0.000193. The Morgan fingerprint density at radius 1 is 1.22 bits per heavy atom. The van der Waals surface area contributed by atoms with Crippen molar-refractivity contribution < 1.29 is 23.5 Å². The number of carbonyl (C=O) groups excluding carboxylic acids is 3. The zero-order valence-electron chi connectivity index (χ0n) is 18.2. The number of benzene rings is 1. The number of nitrogens with two attached hydrogens (primary N) is 1. The third-order valence-corrected chi connectivity index (χ3v) is 5.30. The number of hydrogen-bond acceptors (Lipinski definition) is 6. The van der Waals surface area contributed by atoms with Gasteiger partial charge in [-0.1, -0.05) is 36.8 Å². The Labute approximate surface area is 187 Å². The van der Waals surface area contributed by atoms with E-state index < -0.39 is 24.2 Å². The summed E-state index contributed by atoms with van der Waals surface area (Å²) in [6.07, 6.45) is 1.48. The highest BCUT2D eigenvalue weighted by atomic mass is 19.1. The van der Waals surface area contributed by atoms with Crippen molar-refractivity contribution in [3.63, 3.8) is 0 Å². The van der Waals surface area contributed by atoms with E-state index in [-0.39, 0.29) is 44.3 Å². The lowest BCUT2D eigenvalue weighted by molar-refractivity contribution is -0.145. The van der Waals surface area contributed by atoms with Crippen LogP contribution in [0, 0.1) is 11.3 Å². The molecule has 1 aliphatic heterocycles. The van der Waals surface area contributed by atoms with Crippen LogP contribution in [-0.2, 0) is 25.7 Å². The highest BCUT2D eigenvalue weighted by molar-refractivity contribution is 5.84. The fourth-order valence-electron chi connectivity index (χ4n) is 3.47. The molecule has 174 valence electrons. The molecule has 1 aromatic carbocycles. The molecule has 1 aromatic rings. The molecule has 32 heavy (non-hydrogen) atoms. The second kappa shape index (κ2) is 13.4. The molecule has 0 unspecified atom stereocenters. The maximum Gasteiger partial charge on any atom is 0.306 e. The van der Waals surface area contributed by atoms with E-state index >= 15 is 0 Å². The molecular formula is C23H31FN4O4. The van der Waals surface area contributed by atoms with Crippen LogP contribution in [0.15, 0.2) is 30.3 Å². The van der Waals surface area contributed by atoms with Gasteiger partial charge in [-0.05, 0) is 24.8 Å². The Bertz CT molecular complexity index is 799. The first-order valence-electron chi connectivity index (χ1n) is 11.0. The van der Waals surface area contributed by atoms with Crippen LogP contribution in [0.2, 0.25) is 0 Å². The average molecular weight is 447 g/mol. The molecule has 1 heterocycles. The molecule has 2 rings (SSSR count). The third-order valence-electron chi connectivity index (χ3n) is 5.30. The van der Waals surface area contributed by atoms with E-state index in [1.54, 1.807) is 0 Å². The number of alkyl halides is 1. The van der Waals surface area contributed by atoms with E-state index in [0.717, 1.165) is 23.3 Å². The van der Waals surface area contributed by atoms with Crippen molar-refractivity contribution >= 4 is 17.8 Å². The quantitative estimate of drug-likeness (QED) is 0.374. The van der Waals surface area contributed by atoms with Crippen LogP contribution in [0.1, 0.15) is 50.5 Å². The lowest BCUT2D eigenvalue weighted by Crippen LogP contribution is -2.46. The normalized spacial score (nSPS) is 18.6. The molecule has 1 saturated heterocycles. The Balaban J connectivity index is 1.51. The highest BCUT2D eigenvalue weighted by Gasteiger charge is 2.37. The minimum atomic E-state index is -1.22. The number of ether oxygens (including phenoxy) is 1. The monoisotopic (exact) mass is 446 g/mol. The Hall–Kier alpha value is -2.99. The number of nitrogens with one attached hydrogen (secondary N) is 1. The van der Waals surface area contributed by atoms with E-state index in [0.29, 0.717) is 19.4 Å². The van der Waals surface area contributed by atoms with Gasteiger partial charge in [0.25, 0.3) is 0 Å². The Kier molecular flexibility index (Phi) is 10.6. The maximum absolute atomic E-state index is 13.5. The summed E-state index contributed by atoms with van der Waals surface area (Å²) >= 11 is 0. The van der Waals surface area contributed by atoms with Gasteiger partial charge in [0.15, 0.2) is 0 Å². The van der Waals surface area contributed by atoms with Crippen molar-refractivity contribution in [2.24, 2.45) is 5.73 Å². The first kappa shape index (κ1) is 25.3. The molecule has 0 saturated carbocycles. The van der Waals surface area contributed by atoms with E-state index in [9.17, 15) is 18.8 Å². The molecule has 3 N–H and O–H groups in total. The van der Waals surface area contributed by atoms with Gasteiger partial charge >= 0.3 is 5.97 Å². The fraction of sp³-hybridized carbons (Fsp3) is 0.565. The number of likely N-dealkylation sites (tertiary alicyclic amines) is 1. The predicted molar refractivity (Wildman–Crippen MR) is 116 cm³/mol. The molecule has 9 heteroatoms. The third kappa shape index (κ3) is 8.63. The first-order valence-corrected chi connectivity index (χ1v) is 11.0. The van der Waals surface area contributed by atoms with Crippen LogP contribution in [0.4, 0.5) is 4.39 Å². The van der Waals surface area contributed by atoms with Gasteiger partial charge in [-0.15, -0.1) is 0 Å². The SMILES string of the molecule is N#C[C@@H]1C[C@H](F)CN1C(=O)[C@@H](N)CCC(=O)NCCCCCC(=O)OCc1ccccc1. The van der Waals surface area contributed by atoms with E-state index in [1.165, 1.54) is 0 Å². The van der Waals surface area contributed by atoms with Crippen LogP contribution in [0.3, 0.4) is 0 Å². The maximum atomic E-state index is 13.5. The molecule has 2 amide bonds. The number of amides is 2. The van der Waals surface area contributed by atoms with Gasteiger partial charge < -0.3 is 20.7 Å². The van der Waals surface area contributed by atoms with Gasteiger partial charge in [0.2, 0.25) is 11.8 Å². The molecule has 0 aliphatic carbocycles. The second-order valence-electron chi connectivity index (χ2n) is 7.92. The smallest absolute Gasteiger partial charge is 0.306 e. The summed E-state index contributed by atoms with van der Waals surface area (Å²) in [6, 6.07) is 9.65. The molecule has 3 atom stereocenters. The lowest BCUT2D eigenvalue weighted by atomic mass is 10.1. The number of halogens is 1. The molecule has 0 spiro atoms. The summed E-state index contributed by atoms with van der Waals surface area (Å²) in [6.45, 7) is 0.605. The summed E-state index contributed by atoms with van der Waals surface area (Å²) < 4.78 is 18.7. The second-order valence-corrected chi connectivity index (χ2v) is 7.92. The Morgan fingerprint density at radius 3 is 2.69 bits per heavy atom. The fourth-order valence-corrected chi connectivity index (χ4v) is 3.47. The predicted octanol–water partition coefficient (Wildman–Crippen LogP) is 1.98. The highest BCUT2D eigenvalue weighted by Crippen LogP contribution is 2.21. The number of esters is 1. The van der Waals surface area contributed by atoms with Gasteiger partial charge in [0.05, 0.1) is 18.7 Å². The topological polar surface area (TPSA) is 126 Å². The summed E-state index contributed by atoms with van der Waals surface area (Å²) in [7, 11) is 0. The van der Waals surface area contributed by atoms with Crippen molar-refractivity contribution in [1.82, 2.24) is 10.2 Å². The summed E-state index contributed by atoms with van der Waals surface area (Å²) in [5, 5.41) is 11.8. The van der Waals surface area contributed by atoms with Crippen molar-refractivity contribution in [3.05, 3.63) is 35.9 Å². The van der Waals surface area contributed by atoms with Crippen LogP contribution in [0.5, 0.6) is 0 Å². The summed E-state index contributed by atoms with van der Waals surface area (Å²) in [5.41, 5.74) is 6.79. The number of hydrogen-bond donors (Lipinski definition) is 2. The minimum Gasteiger partial charge on any atom is -0.461 e. The van der Waals surface area contributed by atoms with Crippen molar-refractivity contribution in [2.45, 2.75) is 69.8 Å². The van der Waals surface area contributed by atoms with E-state index in [4.69, 9.17) is 15.7 Å². The summed E-state index contributed by atoms with van der Waals surface area (Å²) in [5.74, 6) is -0.965.